The summed E-state index contributed by atoms with van der Waals surface area (Å²) in [6.07, 6.45) is 1.78. The van der Waals surface area contributed by atoms with Crippen LogP contribution in [0, 0.1) is 17.2 Å². The summed E-state index contributed by atoms with van der Waals surface area (Å²) in [5, 5.41) is 3.32. The van der Waals surface area contributed by atoms with Crippen molar-refractivity contribution in [3.63, 3.8) is 0 Å². The van der Waals surface area contributed by atoms with Gasteiger partial charge in [0, 0.05) is 10.5 Å². The first kappa shape index (κ1) is 16.6. The van der Waals surface area contributed by atoms with E-state index in [1.54, 1.807) is 0 Å². The minimum Gasteiger partial charge on any atom is -0.317 e. The fourth-order valence-corrected chi connectivity index (χ4v) is 2.37. The molecule has 0 aromatic heterocycles. The number of rotatable bonds is 5. The highest BCUT2D eigenvalue weighted by molar-refractivity contribution is 9.10. The first-order valence-electron chi connectivity index (χ1n) is 6.85. The molecule has 1 N–H and O–H groups in total. The number of halogens is 2. The van der Waals surface area contributed by atoms with Crippen molar-refractivity contribution < 1.29 is 4.39 Å². The van der Waals surface area contributed by atoms with Crippen molar-refractivity contribution in [2.75, 3.05) is 7.05 Å². The molecular formula is C16H25BrFN. The van der Waals surface area contributed by atoms with Crippen LogP contribution in [0.1, 0.15) is 39.7 Å². The van der Waals surface area contributed by atoms with Crippen LogP contribution in [0.3, 0.4) is 0 Å². The van der Waals surface area contributed by atoms with E-state index in [0.717, 1.165) is 22.9 Å². The summed E-state index contributed by atoms with van der Waals surface area (Å²) >= 11 is 3.29. The Bertz CT molecular complexity index is 412. The van der Waals surface area contributed by atoms with Crippen LogP contribution in [-0.4, -0.2) is 13.1 Å². The monoisotopic (exact) mass is 329 g/mol. The van der Waals surface area contributed by atoms with Crippen molar-refractivity contribution in [2.45, 2.75) is 46.6 Å². The minimum absolute atomic E-state index is 0.127. The summed E-state index contributed by atoms with van der Waals surface area (Å²) in [6.45, 7) is 9.03. The van der Waals surface area contributed by atoms with Crippen LogP contribution < -0.4 is 5.32 Å². The highest BCUT2D eigenvalue weighted by Gasteiger charge is 2.23. The van der Waals surface area contributed by atoms with Gasteiger partial charge in [-0.25, -0.2) is 4.39 Å². The van der Waals surface area contributed by atoms with Gasteiger partial charge in [-0.05, 0) is 48.9 Å². The predicted octanol–water partition coefficient (Wildman–Crippen LogP) is 4.79. The molecule has 1 aromatic rings. The minimum atomic E-state index is -0.127. The van der Waals surface area contributed by atoms with Crippen LogP contribution in [0.15, 0.2) is 22.7 Å². The van der Waals surface area contributed by atoms with Crippen LogP contribution in [0.5, 0.6) is 0 Å². The first-order chi connectivity index (χ1) is 8.74. The van der Waals surface area contributed by atoms with E-state index in [0.29, 0.717) is 12.0 Å². The Kier molecular flexibility index (Phi) is 6.00. The van der Waals surface area contributed by atoms with E-state index in [9.17, 15) is 4.39 Å². The second-order valence-electron chi connectivity index (χ2n) is 6.43. The lowest BCUT2D eigenvalue weighted by atomic mass is 9.78. The molecule has 2 atom stereocenters. The smallest absolute Gasteiger partial charge is 0.127 e. The SMILES string of the molecule is CNC(Cc1ccc(Br)cc1F)CC(C)C(C)(C)C. The van der Waals surface area contributed by atoms with Gasteiger partial charge in [0.1, 0.15) is 5.82 Å². The van der Waals surface area contributed by atoms with Crippen molar-refractivity contribution in [3.05, 3.63) is 34.1 Å². The van der Waals surface area contributed by atoms with E-state index < -0.39 is 0 Å². The van der Waals surface area contributed by atoms with Crippen molar-refractivity contribution in [1.29, 1.82) is 0 Å². The average Bonchev–Trinajstić information content (AvgIpc) is 2.30. The van der Waals surface area contributed by atoms with Crippen LogP contribution >= 0.6 is 15.9 Å². The molecule has 3 heteroatoms. The molecule has 1 aromatic carbocycles. The molecule has 1 rings (SSSR count). The summed E-state index contributed by atoms with van der Waals surface area (Å²) in [5.74, 6) is 0.460. The maximum atomic E-state index is 13.9. The van der Waals surface area contributed by atoms with Gasteiger partial charge in [0.25, 0.3) is 0 Å². The molecule has 0 radical (unpaired) electrons. The van der Waals surface area contributed by atoms with Gasteiger partial charge in [0.05, 0.1) is 0 Å². The lowest BCUT2D eigenvalue weighted by Crippen LogP contribution is -2.33. The summed E-state index contributed by atoms with van der Waals surface area (Å²) in [4.78, 5) is 0. The summed E-state index contributed by atoms with van der Waals surface area (Å²) < 4.78 is 14.7. The van der Waals surface area contributed by atoms with E-state index in [4.69, 9.17) is 0 Å². The zero-order valence-corrected chi connectivity index (χ0v) is 14.1. The van der Waals surface area contributed by atoms with Crippen LogP contribution in [0.25, 0.3) is 0 Å². The van der Waals surface area contributed by atoms with Gasteiger partial charge in [-0.3, -0.25) is 0 Å². The summed E-state index contributed by atoms with van der Waals surface area (Å²) in [7, 11) is 1.96. The number of hydrogen-bond acceptors (Lipinski definition) is 1. The Hall–Kier alpha value is -0.410. The molecule has 1 nitrogen and oxygen atoms in total. The maximum Gasteiger partial charge on any atom is 0.127 e. The Balaban J connectivity index is 2.72. The molecule has 0 aliphatic heterocycles. The number of likely N-dealkylation sites (N-methyl/N-ethyl adjacent to an activating group) is 1. The van der Waals surface area contributed by atoms with E-state index in [1.807, 2.05) is 19.2 Å². The molecule has 2 unspecified atom stereocenters. The topological polar surface area (TPSA) is 12.0 Å². The maximum absolute atomic E-state index is 13.9. The van der Waals surface area contributed by atoms with Gasteiger partial charge < -0.3 is 5.32 Å². The van der Waals surface area contributed by atoms with Gasteiger partial charge >= 0.3 is 0 Å². The van der Waals surface area contributed by atoms with Gasteiger partial charge in [-0.15, -0.1) is 0 Å². The zero-order valence-electron chi connectivity index (χ0n) is 12.6. The zero-order chi connectivity index (χ0) is 14.6. The lowest BCUT2D eigenvalue weighted by molar-refractivity contribution is 0.224. The second-order valence-corrected chi connectivity index (χ2v) is 7.34. The molecule has 0 amide bonds. The number of benzene rings is 1. The number of hydrogen-bond donors (Lipinski definition) is 1. The van der Waals surface area contributed by atoms with Crippen molar-refractivity contribution in [2.24, 2.45) is 11.3 Å². The lowest BCUT2D eigenvalue weighted by Gasteiger charge is -2.30. The third-order valence-electron chi connectivity index (χ3n) is 4.01. The van der Waals surface area contributed by atoms with Crippen LogP contribution in [0.4, 0.5) is 4.39 Å². The molecule has 0 saturated carbocycles. The van der Waals surface area contributed by atoms with Crippen LogP contribution in [0.2, 0.25) is 0 Å². The van der Waals surface area contributed by atoms with E-state index in [2.05, 4.69) is 48.9 Å². The molecule has 0 aliphatic rings. The summed E-state index contributed by atoms with van der Waals surface area (Å²) in [6, 6.07) is 5.61. The van der Waals surface area contributed by atoms with Crippen LogP contribution in [-0.2, 0) is 6.42 Å². The fraction of sp³-hybridized carbons (Fsp3) is 0.625. The predicted molar refractivity (Wildman–Crippen MR) is 83.9 cm³/mol. The number of nitrogens with one attached hydrogen (secondary N) is 1. The normalized spacial score (nSPS) is 15.3. The molecule has 19 heavy (non-hydrogen) atoms. The third-order valence-corrected chi connectivity index (χ3v) is 4.50. The molecule has 0 aliphatic carbocycles. The highest BCUT2D eigenvalue weighted by atomic mass is 79.9. The Morgan fingerprint density at radius 3 is 2.42 bits per heavy atom. The van der Waals surface area contributed by atoms with Crippen molar-refractivity contribution >= 4 is 15.9 Å². The molecule has 0 spiro atoms. The Morgan fingerprint density at radius 1 is 1.32 bits per heavy atom. The molecule has 108 valence electrons. The quantitative estimate of drug-likeness (QED) is 0.818. The Morgan fingerprint density at radius 2 is 1.95 bits per heavy atom. The van der Waals surface area contributed by atoms with Crippen molar-refractivity contribution in [3.8, 4) is 0 Å². The summed E-state index contributed by atoms with van der Waals surface area (Å²) in [5.41, 5.74) is 1.07. The molecule has 0 bridgehead atoms. The molecule has 0 heterocycles. The molecular weight excluding hydrogens is 305 g/mol. The standard InChI is InChI=1S/C16H25BrFN/c1-11(16(2,3)4)8-14(19-5)9-12-6-7-13(17)10-15(12)18/h6-7,10-11,14,19H,8-9H2,1-5H3. The van der Waals surface area contributed by atoms with Gasteiger partial charge in [-0.1, -0.05) is 49.7 Å². The second kappa shape index (κ2) is 6.85. The first-order valence-corrected chi connectivity index (χ1v) is 7.64. The third kappa shape index (κ3) is 5.23. The van der Waals surface area contributed by atoms with Gasteiger partial charge in [0.15, 0.2) is 0 Å². The van der Waals surface area contributed by atoms with Gasteiger partial charge in [0.2, 0.25) is 0 Å². The molecule has 0 fully saturated rings. The van der Waals surface area contributed by atoms with Crippen molar-refractivity contribution in [1.82, 2.24) is 5.32 Å². The fourth-order valence-electron chi connectivity index (χ4n) is 2.04. The van der Waals surface area contributed by atoms with E-state index >= 15 is 0 Å². The van der Waals surface area contributed by atoms with E-state index in [1.165, 1.54) is 6.07 Å². The largest absolute Gasteiger partial charge is 0.317 e. The highest BCUT2D eigenvalue weighted by Crippen LogP contribution is 2.30. The van der Waals surface area contributed by atoms with E-state index in [-0.39, 0.29) is 11.2 Å². The molecule has 0 saturated heterocycles. The van der Waals surface area contributed by atoms with Gasteiger partial charge in [-0.2, -0.15) is 0 Å². The average molecular weight is 330 g/mol. The Labute approximate surface area is 125 Å².